The summed E-state index contributed by atoms with van der Waals surface area (Å²) < 4.78 is 18.3. The lowest BCUT2D eigenvalue weighted by molar-refractivity contribution is -0.131. The van der Waals surface area contributed by atoms with Crippen LogP contribution in [0.25, 0.3) is 0 Å². The molecule has 0 bridgehead atoms. The van der Waals surface area contributed by atoms with Crippen molar-refractivity contribution in [2.45, 2.75) is 25.7 Å². The van der Waals surface area contributed by atoms with E-state index in [0.717, 1.165) is 25.9 Å². The molecule has 1 amide bonds. The minimum atomic E-state index is -0.336. The van der Waals surface area contributed by atoms with Gasteiger partial charge in [-0.2, -0.15) is 0 Å². The highest BCUT2D eigenvalue weighted by atomic mass is 19.1. The summed E-state index contributed by atoms with van der Waals surface area (Å²) in [6.07, 6.45) is 3.52. The van der Waals surface area contributed by atoms with Gasteiger partial charge >= 0.3 is 0 Å². The van der Waals surface area contributed by atoms with Gasteiger partial charge in [0.1, 0.15) is 11.6 Å². The summed E-state index contributed by atoms with van der Waals surface area (Å²) in [5.41, 5.74) is 0.619. The molecule has 1 saturated heterocycles. The smallest absolute Gasteiger partial charge is 0.227 e. The van der Waals surface area contributed by atoms with Crippen LogP contribution in [0.15, 0.2) is 18.2 Å². The molecule has 1 aromatic carbocycles. The van der Waals surface area contributed by atoms with Crippen molar-refractivity contribution in [2.75, 3.05) is 20.2 Å². The molecule has 0 spiro atoms. The van der Waals surface area contributed by atoms with Crippen LogP contribution in [0.5, 0.6) is 5.75 Å². The van der Waals surface area contributed by atoms with Crippen molar-refractivity contribution in [2.24, 2.45) is 0 Å². The van der Waals surface area contributed by atoms with Crippen molar-refractivity contribution in [3.8, 4) is 5.75 Å². The van der Waals surface area contributed by atoms with Gasteiger partial charge in [-0.15, -0.1) is 0 Å². The van der Waals surface area contributed by atoms with E-state index in [1.54, 1.807) is 6.07 Å². The molecule has 0 aliphatic carbocycles. The average molecular weight is 251 g/mol. The lowest BCUT2D eigenvalue weighted by Crippen LogP contribution is -2.36. The zero-order valence-electron chi connectivity index (χ0n) is 10.6. The van der Waals surface area contributed by atoms with Crippen LogP contribution in [0.2, 0.25) is 0 Å². The zero-order valence-corrected chi connectivity index (χ0v) is 10.6. The van der Waals surface area contributed by atoms with E-state index < -0.39 is 0 Å². The number of amides is 1. The van der Waals surface area contributed by atoms with Gasteiger partial charge in [0.15, 0.2) is 0 Å². The Morgan fingerprint density at radius 1 is 1.33 bits per heavy atom. The van der Waals surface area contributed by atoms with E-state index >= 15 is 0 Å². The minimum absolute atomic E-state index is 0.0543. The highest BCUT2D eigenvalue weighted by molar-refractivity contribution is 5.79. The molecule has 1 aromatic rings. The molecule has 1 fully saturated rings. The van der Waals surface area contributed by atoms with E-state index in [2.05, 4.69) is 0 Å². The summed E-state index contributed by atoms with van der Waals surface area (Å²) in [6, 6.07) is 4.28. The average Bonchev–Trinajstić information content (AvgIpc) is 2.40. The quantitative estimate of drug-likeness (QED) is 0.825. The second-order valence-electron chi connectivity index (χ2n) is 4.57. The Morgan fingerprint density at radius 2 is 2.06 bits per heavy atom. The summed E-state index contributed by atoms with van der Waals surface area (Å²) in [5, 5.41) is 0. The summed E-state index contributed by atoms with van der Waals surface area (Å²) in [5.74, 6) is 0.289. The van der Waals surface area contributed by atoms with Gasteiger partial charge < -0.3 is 9.64 Å². The van der Waals surface area contributed by atoms with Gasteiger partial charge in [0.05, 0.1) is 13.5 Å². The summed E-state index contributed by atoms with van der Waals surface area (Å²) in [6.45, 7) is 1.63. The number of ether oxygens (including phenoxy) is 1. The number of carbonyl (C=O) groups excluding carboxylic acids is 1. The molecule has 0 atom stereocenters. The van der Waals surface area contributed by atoms with E-state index in [9.17, 15) is 9.18 Å². The topological polar surface area (TPSA) is 29.5 Å². The highest BCUT2D eigenvalue weighted by Crippen LogP contribution is 2.21. The molecule has 1 aliphatic heterocycles. The summed E-state index contributed by atoms with van der Waals surface area (Å²) in [4.78, 5) is 13.9. The third kappa shape index (κ3) is 3.00. The van der Waals surface area contributed by atoms with Crippen LogP contribution >= 0.6 is 0 Å². The predicted molar refractivity (Wildman–Crippen MR) is 67.1 cm³/mol. The number of likely N-dealkylation sites (tertiary alicyclic amines) is 1. The van der Waals surface area contributed by atoms with Gasteiger partial charge in [-0.3, -0.25) is 4.79 Å². The molecule has 1 aliphatic rings. The molecule has 2 rings (SSSR count). The monoisotopic (exact) mass is 251 g/mol. The van der Waals surface area contributed by atoms with Gasteiger partial charge in [-0.1, -0.05) is 0 Å². The molecule has 4 heteroatoms. The Hall–Kier alpha value is -1.58. The molecule has 98 valence electrons. The number of carbonyl (C=O) groups is 1. The van der Waals surface area contributed by atoms with Crippen LogP contribution in [0.3, 0.4) is 0 Å². The number of hydrogen-bond acceptors (Lipinski definition) is 2. The SMILES string of the molecule is COc1ccc(F)cc1CC(=O)N1CCCCC1. The van der Waals surface area contributed by atoms with Crippen molar-refractivity contribution < 1.29 is 13.9 Å². The number of benzene rings is 1. The molecule has 0 unspecified atom stereocenters. The molecule has 1 heterocycles. The number of piperidine rings is 1. The Labute approximate surface area is 107 Å². The van der Waals surface area contributed by atoms with Crippen molar-refractivity contribution in [3.63, 3.8) is 0 Å². The highest BCUT2D eigenvalue weighted by Gasteiger charge is 2.18. The standard InChI is InChI=1S/C14H18FNO2/c1-18-13-6-5-12(15)9-11(13)10-14(17)16-7-3-2-4-8-16/h5-6,9H,2-4,7-8,10H2,1H3. The number of hydrogen-bond donors (Lipinski definition) is 0. The second kappa shape index (κ2) is 5.85. The van der Waals surface area contributed by atoms with Crippen molar-refractivity contribution in [1.29, 1.82) is 0 Å². The predicted octanol–water partition coefficient (Wildman–Crippen LogP) is 2.39. The molecule has 18 heavy (non-hydrogen) atoms. The van der Waals surface area contributed by atoms with Crippen LogP contribution in [-0.4, -0.2) is 31.0 Å². The normalized spacial score (nSPS) is 15.6. The Bertz CT molecular complexity index is 428. The number of rotatable bonds is 3. The van der Waals surface area contributed by atoms with Gasteiger partial charge in [-0.05, 0) is 37.5 Å². The fourth-order valence-corrected chi connectivity index (χ4v) is 2.30. The summed E-state index contributed by atoms with van der Waals surface area (Å²) in [7, 11) is 1.53. The first-order valence-corrected chi connectivity index (χ1v) is 6.31. The third-order valence-electron chi connectivity index (χ3n) is 3.29. The van der Waals surface area contributed by atoms with Crippen LogP contribution in [0.1, 0.15) is 24.8 Å². The van der Waals surface area contributed by atoms with Gasteiger partial charge in [-0.25, -0.2) is 4.39 Å². The first-order valence-electron chi connectivity index (χ1n) is 6.31. The van der Waals surface area contributed by atoms with Gasteiger partial charge in [0.25, 0.3) is 0 Å². The van der Waals surface area contributed by atoms with Crippen LogP contribution < -0.4 is 4.74 Å². The summed E-state index contributed by atoms with van der Waals surface area (Å²) >= 11 is 0. The van der Waals surface area contributed by atoms with E-state index in [4.69, 9.17) is 4.74 Å². The molecule has 0 N–H and O–H groups in total. The third-order valence-corrected chi connectivity index (χ3v) is 3.29. The molecule has 0 radical (unpaired) electrons. The molecule has 0 aromatic heterocycles. The van der Waals surface area contributed by atoms with Gasteiger partial charge in [0.2, 0.25) is 5.91 Å². The van der Waals surface area contributed by atoms with Crippen molar-refractivity contribution in [1.82, 2.24) is 4.90 Å². The van der Waals surface area contributed by atoms with Crippen LogP contribution in [0, 0.1) is 5.82 Å². The zero-order chi connectivity index (χ0) is 13.0. The Morgan fingerprint density at radius 3 is 2.72 bits per heavy atom. The van der Waals surface area contributed by atoms with Crippen LogP contribution in [-0.2, 0) is 11.2 Å². The fourth-order valence-electron chi connectivity index (χ4n) is 2.30. The van der Waals surface area contributed by atoms with Crippen molar-refractivity contribution >= 4 is 5.91 Å². The molecular formula is C14H18FNO2. The maximum absolute atomic E-state index is 13.2. The van der Waals surface area contributed by atoms with Gasteiger partial charge in [0, 0.05) is 18.7 Å². The first-order chi connectivity index (χ1) is 8.70. The Balaban J connectivity index is 2.07. The van der Waals surface area contributed by atoms with E-state index in [1.165, 1.54) is 25.7 Å². The molecule has 0 saturated carbocycles. The van der Waals surface area contributed by atoms with E-state index in [-0.39, 0.29) is 18.1 Å². The van der Waals surface area contributed by atoms with Crippen molar-refractivity contribution in [3.05, 3.63) is 29.6 Å². The van der Waals surface area contributed by atoms with E-state index in [0.29, 0.717) is 11.3 Å². The Kier molecular flexibility index (Phi) is 4.18. The molecule has 3 nitrogen and oxygen atoms in total. The molecular weight excluding hydrogens is 233 g/mol. The lowest BCUT2D eigenvalue weighted by Gasteiger charge is -2.27. The number of methoxy groups -OCH3 is 1. The largest absolute Gasteiger partial charge is 0.496 e. The maximum Gasteiger partial charge on any atom is 0.227 e. The fraction of sp³-hybridized carbons (Fsp3) is 0.500. The number of halogens is 1. The second-order valence-corrected chi connectivity index (χ2v) is 4.57. The maximum atomic E-state index is 13.2. The lowest BCUT2D eigenvalue weighted by atomic mass is 10.1. The van der Waals surface area contributed by atoms with E-state index in [1.807, 2.05) is 4.90 Å². The number of nitrogens with zero attached hydrogens (tertiary/aromatic N) is 1. The van der Waals surface area contributed by atoms with Crippen LogP contribution in [0.4, 0.5) is 4.39 Å². The first kappa shape index (κ1) is 12.9. The minimum Gasteiger partial charge on any atom is -0.496 e.